The Balaban J connectivity index is 1.84. The lowest BCUT2D eigenvalue weighted by atomic mass is 10.2. The van der Waals surface area contributed by atoms with Gasteiger partial charge in [-0.3, -0.25) is 0 Å². The zero-order valence-corrected chi connectivity index (χ0v) is 16.1. The van der Waals surface area contributed by atoms with Crippen molar-refractivity contribution in [3.8, 4) is 0 Å². The Kier molecular flexibility index (Phi) is 5.43. The van der Waals surface area contributed by atoms with Gasteiger partial charge in [0.1, 0.15) is 0 Å². The predicted octanol–water partition coefficient (Wildman–Crippen LogP) is 2.49. The minimum Gasteiger partial charge on any atom is -0.368 e. The largest absolute Gasteiger partial charge is 0.501 e. The third-order valence-corrected chi connectivity index (χ3v) is 7.87. The van der Waals surface area contributed by atoms with Crippen molar-refractivity contribution in [1.29, 1.82) is 0 Å². The van der Waals surface area contributed by atoms with Crippen LogP contribution in [0.25, 0.3) is 0 Å². The molecule has 1 aliphatic rings. The van der Waals surface area contributed by atoms with Crippen molar-refractivity contribution in [2.75, 3.05) is 31.1 Å². The molecule has 152 valence electrons. The normalized spacial score (nSPS) is 16.9. The van der Waals surface area contributed by atoms with Crippen molar-refractivity contribution in [1.82, 2.24) is 4.31 Å². The van der Waals surface area contributed by atoms with E-state index < -0.39 is 30.3 Å². The summed E-state index contributed by atoms with van der Waals surface area (Å²) in [6.45, 7) is 0.183. The maximum Gasteiger partial charge on any atom is 0.501 e. The van der Waals surface area contributed by atoms with Crippen molar-refractivity contribution in [2.24, 2.45) is 0 Å². The van der Waals surface area contributed by atoms with E-state index in [9.17, 15) is 30.0 Å². The monoisotopic (exact) mass is 434 g/mol. The van der Waals surface area contributed by atoms with E-state index in [1.165, 1.54) is 39.5 Å². The number of sulfonamides is 1. The number of anilines is 1. The van der Waals surface area contributed by atoms with Gasteiger partial charge in [-0.1, -0.05) is 30.3 Å². The molecule has 11 heteroatoms. The highest BCUT2D eigenvalue weighted by atomic mass is 32.2. The molecule has 1 aliphatic heterocycles. The Hall–Kier alpha value is -2.11. The Morgan fingerprint density at radius 2 is 1.29 bits per heavy atom. The third-order valence-electron chi connectivity index (χ3n) is 4.42. The SMILES string of the molecule is O=S(=O)(c1ccccc1)N1CCN(c2ccccc2S(=O)(=O)C(F)(F)F)CC1. The number of hydrogen-bond donors (Lipinski definition) is 0. The first kappa shape index (κ1) is 20.6. The first-order chi connectivity index (χ1) is 13.0. The fraction of sp³-hybridized carbons (Fsp3) is 0.294. The highest BCUT2D eigenvalue weighted by Gasteiger charge is 2.48. The Morgan fingerprint density at radius 3 is 1.86 bits per heavy atom. The van der Waals surface area contributed by atoms with Crippen LogP contribution in [0.5, 0.6) is 0 Å². The predicted molar refractivity (Wildman–Crippen MR) is 97.1 cm³/mol. The van der Waals surface area contributed by atoms with Crippen molar-refractivity contribution >= 4 is 25.5 Å². The van der Waals surface area contributed by atoms with Crippen molar-refractivity contribution in [2.45, 2.75) is 15.3 Å². The van der Waals surface area contributed by atoms with Crippen LogP contribution < -0.4 is 4.90 Å². The molecule has 0 radical (unpaired) electrons. The van der Waals surface area contributed by atoms with Gasteiger partial charge in [0, 0.05) is 26.2 Å². The van der Waals surface area contributed by atoms with Crippen LogP contribution in [0.3, 0.4) is 0 Å². The van der Waals surface area contributed by atoms with Crippen LogP contribution in [-0.2, 0) is 19.9 Å². The van der Waals surface area contributed by atoms with Crippen LogP contribution in [0.2, 0.25) is 0 Å². The van der Waals surface area contributed by atoms with Gasteiger partial charge in [-0.25, -0.2) is 16.8 Å². The van der Waals surface area contributed by atoms with Gasteiger partial charge in [0.15, 0.2) is 0 Å². The summed E-state index contributed by atoms with van der Waals surface area (Å²) in [7, 11) is -9.24. The van der Waals surface area contributed by atoms with E-state index in [1.54, 1.807) is 18.2 Å². The molecule has 2 aromatic carbocycles. The van der Waals surface area contributed by atoms with E-state index in [0.717, 1.165) is 6.07 Å². The van der Waals surface area contributed by atoms with Gasteiger partial charge in [-0.15, -0.1) is 0 Å². The molecule has 0 atom stereocenters. The van der Waals surface area contributed by atoms with Gasteiger partial charge in [-0.2, -0.15) is 17.5 Å². The summed E-state index contributed by atoms with van der Waals surface area (Å²) in [5.41, 5.74) is -5.50. The van der Waals surface area contributed by atoms with Gasteiger partial charge >= 0.3 is 5.51 Å². The molecule has 0 bridgehead atoms. The number of hydrogen-bond acceptors (Lipinski definition) is 5. The quantitative estimate of drug-likeness (QED) is 0.739. The molecule has 6 nitrogen and oxygen atoms in total. The highest BCUT2D eigenvalue weighted by molar-refractivity contribution is 7.92. The lowest BCUT2D eigenvalue weighted by molar-refractivity contribution is -0.0435. The first-order valence-corrected chi connectivity index (χ1v) is 11.2. The number of nitrogens with zero attached hydrogens (tertiary/aromatic N) is 2. The maximum absolute atomic E-state index is 13.0. The van der Waals surface area contributed by atoms with Crippen molar-refractivity contribution < 1.29 is 30.0 Å². The van der Waals surface area contributed by atoms with Crippen LogP contribution in [-0.4, -0.2) is 52.8 Å². The summed E-state index contributed by atoms with van der Waals surface area (Å²) in [6, 6.07) is 12.7. The average Bonchev–Trinajstić information content (AvgIpc) is 2.68. The molecular formula is C17H17F3N2O4S2. The Bertz CT molecular complexity index is 1050. The molecule has 1 saturated heterocycles. The van der Waals surface area contributed by atoms with Crippen molar-refractivity contribution in [3.63, 3.8) is 0 Å². The molecular weight excluding hydrogens is 417 g/mol. The summed E-state index contributed by atoms with van der Waals surface area (Å²) >= 11 is 0. The average molecular weight is 434 g/mol. The summed E-state index contributed by atoms with van der Waals surface area (Å²) in [5, 5.41) is 0. The van der Waals surface area contributed by atoms with Gasteiger partial charge in [0.05, 0.1) is 15.5 Å². The van der Waals surface area contributed by atoms with Gasteiger partial charge in [0.25, 0.3) is 9.84 Å². The molecule has 0 saturated carbocycles. The zero-order valence-electron chi connectivity index (χ0n) is 14.5. The number of alkyl halides is 3. The van der Waals surface area contributed by atoms with E-state index in [1.807, 2.05) is 0 Å². The van der Waals surface area contributed by atoms with Crippen LogP contribution in [0.4, 0.5) is 18.9 Å². The highest BCUT2D eigenvalue weighted by Crippen LogP contribution is 2.36. The van der Waals surface area contributed by atoms with E-state index in [0.29, 0.717) is 0 Å². The number of benzene rings is 2. The molecule has 3 rings (SSSR count). The molecule has 0 spiro atoms. The number of sulfone groups is 1. The summed E-state index contributed by atoms with van der Waals surface area (Å²) in [6.07, 6.45) is 0. The number of halogens is 3. The van der Waals surface area contributed by atoms with E-state index in [4.69, 9.17) is 0 Å². The van der Waals surface area contributed by atoms with Crippen LogP contribution >= 0.6 is 0 Å². The molecule has 1 fully saturated rings. The minimum atomic E-state index is -5.51. The lowest BCUT2D eigenvalue weighted by Gasteiger charge is -2.36. The number of rotatable bonds is 4. The Morgan fingerprint density at radius 1 is 0.750 bits per heavy atom. The fourth-order valence-corrected chi connectivity index (χ4v) is 5.40. The van der Waals surface area contributed by atoms with Gasteiger partial charge in [0.2, 0.25) is 10.0 Å². The van der Waals surface area contributed by atoms with Gasteiger partial charge < -0.3 is 4.90 Å². The summed E-state index contributed by atoms with van der Waals surface area (Å²) < 4.78 is 89.2. The second-order valence-electron chi connectivity index (χ2n) is 6.12. The maximum atomic E-state index is 13.0. The number of para-hydroxylation sites is 1. The lowest BCUT2D eigenvalue weighted by Crippen LogP contribution is -2.49. The topological polar surface area (TPSA) is 74.8 Å². The first-order valence-electron chi connectivity index (χ1n) is 8.26. The van der Waals surface area contributed by atoms with Crippen LogP contribution in [0.15, 0.2) is 64.4 Å². The summed E-state index contributed by atoms with van der Waals surface area (Å²) in [4.78, 5) is 0.751. The molecule has 2 aromatic rings. The van der Waals surface area contributed by atoms with E-state index >= 15 is 0 Å². The zero-order chi connectivity index (χ0) is 20.6. The Labute approximate surface area is 161 Å². The molecule has 28 heavy (non-hydrogen) atoms. The van der Waals surface area contributed by atoms with Crippen LogP contribution in [0.1, 0.15) is 0 Å². The third kappa shape index (κ3) is 3.74. The van der Waals surface area contributed by atoms with Crippen LogP contribution in [0, 0.1) is 0 Å². The van der Waals surface area contributed by atoms with E-state index in [2.05, 4.69) is 0 Å². The standard InChI is InChI=1S/C17H17F3N2O4S2/c18-17(19,20)27(23,24)16-9-5-4-8-15(16)21-10-12-22(13-11-21)28(25,26)14-6-2-1-3-7-14/h1-9H,10-13H2. The van der Waals surface area contributed by atoms with Crippen molar-refractivity contribution in [3.05, 3.63) is 54.6 Å². The van der Waals surface area contributed by atoms with Gasteiger partial charge in [-0.05, 0) is 24.3 Å². The van der Waals surface area contributed by atoms with E-state index in [-0.39, 0.29) is 36.8 Å². The minimum absolute atomic E-state index is 0.0254. The molecule has 0 aromatic heterocycles. The second kappa shape index (κ2) is 7.37. The molecule has 0 unspecified atom stereocenters. The smallest absolute Gasteiger partial charge is 0.368 e. The molecule has 1 heterocycles. The molecule has 0 amide bonds. The molecule has 0 N–H and O–H groups in total. The number of piperazine rings is 1. The fourth-order valence-electron chi connectivity index (χ4n) is 2.98. The summed E-state index contributed by atoms with van der Waals surface area (Å²) in [5.74, 6) is 0. The molecule has 0 aliphatic carbocycles. The second-order valence-corrected chi connectivity index (χ2v) is 9.97.